The number of nitrogens with zero attached hydrogens (tertiary/aromatic N) is 1. The Kier molecular flexibility index (Phi) is 4.10. The van der Waals surface area contributed by atoms with Crippen LogP contribution in [0.2, 0.25) is 0 Å². The van der Waals surface area contributed by atoms with Crippen LogP contribution >= 0.6 is 0 Å². The number of hydrogen-bond donors (Lipinski definition) is 1. The summed E-state index contributed by atoms with van der Waals surface area (Å²) in [5.74, 6) is 0.661. The van der Waals surface area contributed by atoms with Crippen LogP contribution in [0.15, 0.2) is 36.7 Å². The first kappa shape index (κ1) is 12.1. The van der Waals surface area contributed by atoms with Gasteiger partial charge in [-0.15, -0.1) is 0 Å². The second-order valence-corrected chi connectivity index (χ2v) is 4.63. The molecule has 0 amide bonds. The van der Waals surface area contributed by atoms with Crippen LogP contribution in [0, 0.1) is 5.92 Å². The summed E-state index contributed by atoms with van der Waals surface area (Å²) in [5, 5.41) is 5.98. The molecule has 0 radical (unpaired) electrons. The number of rotatable bonds is 5. The Morgan fingerprint density at radius 2 is 2.18 bits per heavy atom. The van der Waals surface area contributed by atoms with Crippen LogP contribution in [0.25, 0.3) is 10.8 Å². The fourth-order valence-electron chi connectivity index (χ4n) is 2.21. The maximum atomic E-state index is 4.17. The van der Waals surface area contributed by atoms with Gasteiger partial charge >= 0.3 is 0 Å². The van der Waals surface area contributed by atoms with Gasteiger partial charge in [0.05, 0.1) is 0 Å². The van der Waals surface area contributed by atoms with Crippen LogP contribution < -0.4 is 5.32 Å². The minimum absolute atomic E-state index is 0.661. The Morgan fingerprint density at radius 1 is 1.29 bits per heavy atom. The zero-order valence-corrected chi connectivity index (χ0v) is 10.6. The molecular weight excluding hydrogens is 208 g/mol. The number of benzene rings is 1. The summed E-state index contributed by atoms with van der Waals surface area (Å²) in [5.41, 5.74) is 1.43. The molecule has 2 aromatic rings. The Hall–Kier alpha value is -1.41. The van der Waals surface area contributed by atoms with E-state index in [0.29, 0.717) is 5.92 Å². The van der Waals surface area contributed by atoms with Crippen molar-refractivity contribution in [2.75, 3.05) is 13.1 Å². The molecule has 2 nitrogen and oxygen atoms in total. The predicted molar refractivity (Wildman–Crippen MR) is 73.2 cm³/mol. The van der Waals surface area contributed by atoms with E-state index in [1.54, 1.807) is 0 Å². The van der Waals surface area contributed by atoms with Gasteiger partial charge in [-0.3, -0.25) is 4.98 Å². The standard InChI is InChI=1S/C15H20N2/c1-3-16-10-12(2)9-13-5-4-6-14-11-17-8-7-15(13)14/h4-8,11-12,16H,3,9-10H2,1-2H3. The summed E-state index contributed by atoms with van der Waals surface area (Å²) in [4.78, 5) is 4.17. The highest BCUT2D eigenvalue weighted by Crippen LogP contribution is 2.20. The molecule has 2 rings (SSSR count). The van der Waals surface area contributed by atoms with Crippen LogP contribution in [-0.4, -0.2) is 18.1 Å². The van der Waals surface area contributed by atoms with Gasteiger partial charge in [-0.05, 0) is 42.4 Å². The van der Waals surface area contributed by atoms with Crippen LogP contribution in [0.4, 0.5) is 0 Å². The van der Waals surface area contributed by atoms with Gasteiger partial charge in [0.25, 0.3) is 0 Å². The quantitative estimate of drug-likeness (QED) is 0.851. The van der Waals surface area contributed by atoms with E-state index in [-0.39, 0.29) is 0 Å². The van der Waals surface area contributed by atoms with Crippen molar-refractivity contribution >= 4 is 10.8 Å². The van der Waals surface area contributed by atoms with E-state index in [9.17, 15) is 0 Å². The van der Waals surface area contributed by atoms with Gasteiger partial charge in [-0.1, -0.05) is 32.0 Å². The Morgan fingerprint density at radius 3 is 3.00 bits per heavy atom. The SMILES string of the molecule is CCNCC(C)Cc1cccc2cnccc12. The molecule has 0 aliphatic heterocycles. The zero-order valence-electron chi connectivity index (χ0n) is 10.6. The molecule has 0 fully saturated rings. The smallest absolute Gasteiger partial charge is 0.0346 e. The molecule has 1 heterocycles. The molecule has 17 heavy (non-hydrogen) atoms. The first-order chi connectivity index (χ1) is 8.31. The molecule has 1 N–H and O–H groups in total. The third kappa shape index (κ3) is 3.04. The van der Waals surface area contributed by atoms with E-state index >= 15 is 0 Å². The van der Waals surface area contributed by atoms with Crippen molar-refractivity contribution in [2.24, 2.45) is 5.92 Å². The molecule has 0 saturated heterocycles. The molecule has 90 valence electrons. The highest BCUT2D eigenvalue weighted by molar-refractivity contribution is 5.84. The van der Waals surface area contributed by atoms with Crippen LogP contribution in [-0.2, 0) is 6.42 Å². The summed E-state index contributed by atoms with van der Waals surface area (Å²) in [6.45, 7) is 6.57. The number of aromatic nitrogens is 1. The van der Waals surface area contributed by atoms with Gasteiger partial charge < -0.3 is 5.32 Å². The zero-order chi connectivity index (χ0) is 12.1. The second-order valence-electron chi connectivity index (χ2n) is 4.63. The number of nitrogens with one attached hydrogen (secondary N) is 1. The van der Waals surface area contributed by atoms with Gasteiger partial charge in [0.2, 0.25) is 0 Å². The molecule has 0 aliphatic carbocycles. The summed E-state index contributed by atoms with van der Waals surface area (Å²) in [6, 6.07) is 8.59. The average Bonchev–Trinajstić information content (AvgIpc) is 2.37. The maximum absolute atomic E-state index is 4.17. The Labute approximate surface area is 103 Å². The Bertz CT molecular complexity index is 474. The third-order valence-corrected chi connectivity index (χ3v) is 3.08. The first-order valence-corrected chi connectivity index (χ1v) is 6.33. The molecule has 0 aliphatic rings. The van der Waals surface area contributed by atoms with Gasteiger partial charge in [-0.25, -0.2) is 0 Å². The summed E-state index contributed by atoms with van der Waals surface area (Å²) in [6.07, 6.45) is 4.93. The van der Waals surface area contributed by atoms with Gasteiger partial charge in [0.15, 0.2) is 0 Å². The Balaban J connectivity index is 2.18. The highest BCUT2D eigenvalue weighted by Gasteiger charge is 2.06. The van der Waals surface area contributed by atoms with Crippen molar-refractivity contribution < 1.29 is 0 Å². The topological polar surface area (TPSA) is 24.9 Å². The summed E-state index contributed by atoms with van der Waals surface area (Å²) >= 11 is 0. The van der Waals surface area contributed by atoms with Crippen LogP contribution in [0.3, 0.4) is 0 Å². The fourth-order valence-corrected chi connectivity index (χ4v) is 2.21. The number of fused-ring (bicyclic) bond motifs is 1. The molecule has 1 aromatic carbocycles. The molecular formula is C15H20N2. The lowest BCUT2D eigenvalue weighted by molar-refractivity contribution is 0.523. The molecule has 0 spiro atoms. The van der Waals surface area contributed by atoms with Crippen molar-refractivity contribution in [3.8, 4) is 0 Å². The van der Waals surface area contributed by atoms with Crippen LogP contribution in [0.5, 0.6) is 0 Å². The second kappa shape index (κ2) is 5.78. The normalized spacial score (nSPS) is 12.8. The fraction of sp³-hybridized carbons (Fsp3) is 0.400. The first-order valence-electron chi connectivity index (χ1n) is 6.33. The lowest BCUT2D eigenvalue weighted by Crippen LogP contribution is -2.21. The third-order valence-electron chi connectivity index (χ3n) is 3.08. The summed E-state index contributed by atoms with van der Waals surface area (Å²) in [7, 11) is 0. The minimum Gasteiger partial charge on any atom is -0.317 e. The van der Waals surface area contributed by atoms with Gasteiger partial charge in [-0.2, -0.15) is 0 Å². The van der Waals surface area contributed by atoms with Crippen molar-refractivity contribution in [3.63, 3.8) is 0 Å². The predicted octanol–water partition coefficient (Wildman–Crippen LogP) is 3.02. The van der Waals surface area contributed by atoms with Crippen LogP contribution in [0.1, 0.15) is 19.4 Å². The van der Waals surface area contributed by atoms with Gasteiger partial charge in [0.1, 0.15) is 0 Å². The monoisotopic (exact) mass is 228 g/mol. The van der Waals surface area contributed by atoms with E-state index in [1.807, 2.05) is 12.4 Å². The molecule has 1 aromatic heterocycles. The van der Waals surface area contributed by atoms with Crippen molar-refractivity contribution in [1.82, 2.24) is 10.3 Å². The summed E-state index contributed by atoms with van der Waals surface area (Å²) < 4.78 is 0. The number of pyridine rings is 1. The average molecular weight is 228 g/mol. The maximum Gasteiger partial charge on any atom is 0.0346 e. The molecule has 1 unspecified atom stereocenters. The van der Waals surface area contributed by atoms with Crippen molar-refractivity contribution in [3.05, 3.63) is 42.2 Å². The number of hydrogen-bond acceptors (Lipinski definition) is 2. The highest BCUT2D eigenvalue weighted by atomic mass is 14.8. The van der Waals surface area contributed by atoms with E-state index < -0.39 is 0 Å². The van der Waals surface area contributed by atoms with Crippen molar-refractivity contribution in [2.45, 2.75) is 20.3 Å². The van der Waals surface area contributed by atoms with E-state index in [2.05, 4.69) is 48.4 Å². The lowest BCUT2D eigenvalue weighted by Gasteiger charge is -2.13. The lowest BCUT2D eigenvalue weighted by atomic mass is 9.97. The van der Waals surface area contributed by atoms with E-state index in [0.717, 1.165) is 19.5 Å². The molecule has 1 atom stereocenters. The molecule has 0 saturated carbocycles. The van der Waals surface area contributed by atoms with Gasteiger partial charge in [0, 0.05) is 17.8 Å². The minimum atomic E-state index is 0.661. The molecule has 2 heteroatoms. The van der Waals surface area contributed by atoms with Crippen molar-refractivity contribution in [1.29, 1.82) is 0 Å². The van der Waals surface area contributed by atoms with E-state index in [1.165, 1.54) is 16.3 Å². The molecule has 0 bridgehead atoms. The largest absolute Gasteiger partial charge is 0.317 e. The van der Waals surface area contributed by atoms with E-state index in [4.69, 9.17) is 0 Å².